The number of piperidine rings is 1. The Morgan fingerprint density at radius 3 is 2.40 bits per heavy atom. The van der Waals surface area contributed by atoms with E-state index in [0.29, 0.717) is 11.3 Å². The molecule has 0 aromatic heterocycles. The predicted octanol–water partition coefficient (Wildman–Crippen LogP) is 2.38. The number of likely N-dealkylation sites (tertiary alicyclic amines) is 1. The van der Waals surface area contributed by atoms with Crippen LogP contribution in [0.2, 0.25) is 0 Å². The molecule has 0 bridgehead atoms. The quantitative estimate of drug-likeness (QED) is 0.899. The summed E-state index contributed by atoms with van der Waals surface area (Å²) in [6.07, 6.45) is 3.59. The van der Waals surface area contributed by atoms with Gasteiger partial charge in [0.05, 0.1) is 0 Å². The predicted molar refractivity (Wildman–Crippen MR) is 104 cm³/mol. The van der Waals surface area contributed by atoms with Gasteiger partial charge >= 0.3 is 0 Å². The number of benzene rings is 1. The lowest BCUT2D eigenvalue weighted by atomic mass is 9.77. The first kappa shape index (κ1) is 17.4. The minimum atomic E-state index is -0.0992. The first-order chi connectivity index (χ1) is 12.3. The summed E-state index contributed by atoms with van der Waals surface area (Å²) in [6, 6.07) is 10.3. The Morgan fingerprint density at radius 2 is 1.76 bits per heavy atom. The molecule has 3 aliphatic rings. The fourth-order valence-corrected chi connectivity index (χ4v) is 5.51. The van der Waals surface area contributed by atoms with E-state index in [4.69, 9.17) is 0 Å². The second kappa shape index (κ2) is 7.68. The molecule has 3 heterocycles. The molecule has 1 atom stereocenters. The summed E-state index contributed by atoms with van der Waals surface area (Å²) < 4.78 is 0. The normalized spacial score (nSPS) is 25.2. The molecule has 3 aliphatic heterocycles. The number of hydrogen-bond acceptors (Lipinski definition) is 4. The molecule has 5 heteroatoms. The van der Waals surface area contributed by atoms with Crippen LogP contribution < -0.4 is 5.32 Å². The summed E-state index contributed by atoms with van der Waals surface area (Å²) in [6.45, 7) is 6.15. The fourth-order valence-electron chi connectivity index (χ4n) is 4.58. The molecule has 136 valence electrons. The van der Waals surface area contributed by atoms with E-state index in [9.17, 15) is 4.79 Å². The number of rotatable bonds is 3. The van der Waals surface area contributed by atoms with Crippen molar-refractivity contribution in [2.24, 2.45) is 5.41 Å². The summed E-state index contributed by atoms with van der Waals surface area (Å²) in [4.78, 5) is 18.0. The Hall–Kier alpha value is -1.04. The number of carbonyl (C=O) groups excluding carboxylic acids is 1. The third-order valence-electron chi connectivity index (χ3n) is 6.23. The van der Waals surface area contributed by atoms with Gasteiger partial charge in [0.15, 0.2) is 0 Å². The summed E-state index contributed by atoms with van der Waals surface area (Å²) in [7, 11) is 0. The first-order valence-electron chi connectivity index (χ1n) is 9.64. The van der Waals surface area contributed by atoms with Crippen molar-refractivity contribution in [1.82, 2.24) is 15.1 Å². The van der Waals surface area contributed by atoms with Gasteiger partial charge in [0.25, 0.3) is 0 Å². The van der Waals surface area contributed by atoms with E-state index in [1.165, 1.54) is 6.42 Å². The van der Waals surface area contributed by atoms with Gasteiger partial charge < -0.3 is 10.2 Å². The van der Waals surface area contributed by atoms with E-state index >= 15 is 0 Å². The molecular weight excluding hydrogens is 330 g/mol. The molecule has 1 spiro atoms. The lowest BCUT2D eigenvalue weighted by Crippen LogP contribution is -2.50. The largest absolute Gasteiger partial charge is 0.341 e. The summed E-state index contributed by atoms with van der Waals surface area (Å²) in [5, 5.41) is 3.51. The van der Waals surface area contributed by atoms with Crippen molar-refractivity contribution in [3.05, 3.63) is 35.9 Å². The second-order valence-electron chi connectivity index (χ2n) is 7.71. The highest BCUT2D eigenvalue weighted by atomic mass is 32.2. The van der Waals surface area contributed by atoms with Gasteiger partial charge in [-0.2, -0.15) is 11.8 Å². The molecule has 1 amide bonds. The van der Waals surface area contributed by atoms with Crippen LogP contribution in [0.25, 0.3) is 0 Å². The van der Waals surface area contributed by atoms with Crippen molar-refractivity contribution in [1.29, 1.82) is 0 Å². The molecule has 3 saturated heterocycles. The summed E-state index contributed by atoms with van der Waals surface area (Å²) in [5.41, 5.74) is 1.61. The minimum Gasteiger partial charge on any atom is -0.341 e. The van der Waals surface area contributed by atoms with Gasteiger partial charge in [0.1, 0.15) is 6.04 Å². The van der Waals surface area contributed by atoms with Gasteiger partial charge in [0.2, 0.25) is 5.91 Å². The Morgan fingerprint density at radius 1 is 1.04 bits per heavy atom. The highest BCUT2D eigenvalue weighted by Crippen LogP contribution is 2.38. The van der Waals surface area contributed by atoms with Gasteiger partial charge in [-0.3, -0.25) is 9.69 Å². The highest BCUT2D eigenvalue weighted by molar-refractivity contribution is 7.99. The molecule has 4 rings (SSSR count). The molecule has 0 saturated carbocycles. The number of nitrogens with zero attached hydrogens (tertiary/aromatic N) is 2. The average molecular weight is 360 g/mol. The Kier molecular flexibility index (Phi) is 5.34. The summed E-state index contributed by atoms with van der Waals surface area (Å²) in [5.74, 6) is 2.58. The third-order valence-corrected chi connectivity index (χ3v) is 7.17. The van der Waals surface area contributed by atoms with E-state index in [-0.39, 0.29) is 6.04 Å². The smallest absolute Gasteiger partial charge is 0.244 e. The Bertz CT molecular complexity index is 572. The molecular formula is C20H29N3OS. The van der Waals surface area contributed by atoms with E-state index in [1.54, 1.807) is 0 Å². The third kappa shape index (κ3) is 3.74. The first-order valence-corrected chi connectivity index (χ1v) is 10.8. The Balaban J connectivity index is 1.49. The monoisotopic (exact) mass is 359 g/mol. The van der Waals surface area contributed by atoms with E-state index in [0.717, 1.165) is 69.2 Å². The van der Waals surface area contributed by atoms with Crippen LogP contribution in [0.1, 0.15) is 30.9 Å². The topological polar surface area (TPSA) is 35.6 Å². The van der Waals surface area contributed by atoms with Crippen LogP contribution in [0, 0.1) is 5.41 Å². The number of amides is 1. The lowest BCUT2D eigenvalue weighted by Gasteiger charge is -2.42. The van der Waals surface area contributed by atoms with Gasteiger partial charge in [-0.15, -0.1) is 0 Å². The van der Waals surface area contributed by atoms with Crippen LogP contribution in [0.4, 0.5) is 0 Å². The van der Waals surface area contributed by atoms with Crippen LogP contribution in [0.3, 0.4) is 0 Å². The van der Waals surface area contributed by atoms with Gasteiger partial charge in [0, 0.05) is 44.2 Å². The molecule has 1 N–H and O–H groups in total. The lowest BCUT2D eigenvalue weighted by molar-refractivity contribution is -0.139. The fraction of sp³-hybridized carbons (Fsp3) is 0.650. The number of nitrogens with one attached hydrogen (secondary N) is 1. The van der Waals surface area contributed by atoms with Gasteiger partial charge in [-0.05, 0) is 36.8 Å². The van der Waals surface area contributed by atoms with Gasteiger partial charge in [-0.1, -0.05) is 30.3 Å². The second-order valence-corrected chi connectivity index (χ2v) is 8.94. The average Bonchev–Trinajstić information content (AvgIpc) is 3.12. The van der Waals surface area contributed by atoms with E-state index in [1.807, 2.05) is 17.8 Å². The van der Waals surface area contributed by atoms with E-state index in [2.05, 4.69) is 39.4 Å². The number of thioether (sulfide) groups is 1. The Labute approximate surface area is 155 Å². The van der Waals surface area contributed by atoms with Crippen molar-refractivity contribution >= 4 is 17.7 Å². The SMILES string of the molecule is O=C(C(c1ccccc1)N1CCSCC1)N1CCC2(CCNC2)CC1. The molecule has 1 aromatic carbocycles. The number of hydrogen-bond donors (Lipinski definition) is 1. The molecule has 25 heavy (non-hydrogen) atoms. The molecule has 0 aliphatic carbocycles. The minimum absolute atomic E-state index is 0.0992. The maximum atomic E-state index is 13.5. The van der Waals surface area contributed by atoms with Crippen molar-refractivity contribution in [2.45, 2.75) is 25.3 Å². The van der Waals surface area contributed by atoms with Gasteiger partial charge in [-0.25, -0.2) is 0 Å². The van der Waals surface area contributed by atoms with Crippen LogP contribution in [0.5, 0.6) is 0 Å². The molecule has 3 fully saturated rings. The van der Waals surface area contributed by atoms with Crippen molar-refractivity contribution < 1.29 is 4.79 Å². The van der Waals surface area contributed by atoms with Crippen LogP contribution >= 0.6 is 11.8 Å². The van der Waals surface area contributed by atoms with Crippen LogP contribution in [0.15, 0.2) is 30.3 Å². The highest BCUT2D eigenvalue weighted by Gasteiger charge is 2.40. The maximum Gasteiger partial charge on any atom is 0.244 e. The zero-order chi connectivity index (χ0) is 17.1. The molecule has 0 radical (unpaired) electrons. The molecule has 1 aromatic rings. The maximum absolute atomic E-state index is 13.5. The van der Waals surface area contributed by atoms with Crippen LogP contribution in [-0.4, -0.2) is 66.5 Å². The van der Waals surface area contributed by atoms with Crippen LogP contribution in [-0.2, 0) is 4.79 Å². The molecule has 4 nitrogen and oxygen atoms in total. The zero-order valence-electron chi connectivity index (χ0n) is 15.0. The standard InChI is InChI=1S/C20H29N3OS/c24-19(23-10-7-20(8-11-23)6-9-21-16-20)18(17-4-2-1-3-5-17)22-12-14-25-15-13-22/h1-5,18,21H,6-16H2. The van der Waals surface area contributed by atoms with Crippen molar-refractivity contribution in [3.8, 4) is 0 Å². The number of carbonyl (C=O) groups is 1. The van der Waals surface area contributed by atoms with Crippen molar-refractivity contribution in [3.63, 3.8) is 0 Å². The zero-order valence-corrected chi connectivity index (χ0v) is 15.8. The van der Waals surface area contributed by atoms with E-state index < -0.39 is 0 Å². The summed E-state index contributed by atoms with van der Waals surface area (Å²) >= 11 is 2.00. The molecule has 1 unspecified atom stereocenters. The van der Waals surface area contributed by atoms with Crippen molar-refractivity contribution in [2.75, 3.05) is 50.8 Å².